The minimum absolute atomic E-state index is 0.158. The van der Waals surface area contributed by atoms with Crippen LogP contribution in [0.5, 0.6) is 0 Å². The molecule has 0 spiro atoms. The van der Waals surface area contributed by atoms with Crippen molar-refractivity contribution in [2.24, 2.45) is 0 Å². The highest BCUT2D eigenvalue weighted by Crippen LogP contribution is 2.29. The molecule has 1 unspecified atom stereocenters. The molecule has 0 fully saturated rings. The third kappa shape index (κ3) is 5.80. The Morgan fingerprint density at radius 2 is 1.89 bits per heavy atom. The molecule has 0 radical (unpaired) electrons. The Morgan fingerprint density at radius 3 is 2.54 bits per heavy atom. The minimum Gasteiger partial charge on any atom is -0.465 e. The van der Waals surface area contributed by atoms with E-state index >= 15 is 0 Å². The second-order valence-electron chi connectivity index (χ2n) is 5.72. The maximum atomic E-state index is 12.0. The van der Waals surface area contributed by atoms with E-state index in [1.807, 2.05) is 6.07 Å². The molecule has 1 N–H and O–H groups in total. The van der Waals surface area contributed by atoms with Crippen molar-refractivity contribution in [3.05, 3.63) is 69.7 Å². The third-order valence-electron chi connectivity index (χ3n) is 3.83. The summed E-state index contributed by atoms with van der Waals surface area (Å²) in [6.45, 7) is 0.367. The zero-order valence-corrected chi connectivity index (χ0v) is 16.2. The largest absolute Gasteiger partial charge is 0.465 e. The molecule has 0 aliphatic heterocycles. The van der Waals surface area contributed by atoms with E-state index in [0.29, 0.717) is 22.4 Å². The highest BCUT2D eigenvalue weighted by Gasteiger charge is 2.19. The van der Waals surface area contributed by atoms with Gasteiger partial charge in [-0.2, -0.15) is 0 Å². The lowest BCUT2D eigenvalue weighted by molar-refractivity contribution is 0.0598. The molecule has 0 heterocycles. The Morgan fingerprint density at radius 1 is 1.11 bits per heavy atom. The third-order valence-corrected chi connectivity index (χ3v) is 4.07. The summed E-state index contributed by atoms with van der Waals surface area (Å²) >= 11 is 6.10. The number of nitrogens with one attached hydrogen (secondary N) is 1. The molecular weight excluding hydrogens is 386 g/mol. The van der Waals surface area contributed by atoms with Crippen LogP contribution < -0.4 is 5.32 Å². The number of esters is 1. The topological polar surface area (TPSA) is 90.9 Å². The summed E-state index contributed by atoms with van der Waals surface area (Å²) in [5, 5.41) is 3.03. The quantitative estimate of drug-likeness (QED) is 0.411. The van der Waals surface area contributed by atoms with Gasteiger partial charge < -0.3 is 19.5 Å². The van der Waals surface area contributed by atoms with E-state index < -0.39 is 18.2 Å². The van der Waals surface area contributed by atoms with Crippen LogP contribution in [-0.2, 0) is 14.2 Å². The molecular formula is C20H20ClNO6. The summed E-state index contributed by atoms with van der Waals surface area (Å²) in [6.07, 6.45) is -0.552. The van der Waals surface area contributed by atoms with Gasteiger partial charge in [0.15, 0.2) is 0 Å². The molecule has 2 rings (SSSR count). The SMILES string of the molecule is COC(=O)NCCOC(c1cccc(Cl)c1)c1cc(C=O)cc(C(=O)OC)c1. The molecule has 0 saturated carbocycles. The summed E-state index contributed by atoms with van der Waals surface area (Å²) in [5.41, 5.74) is 1.83. The van der Waals surface area contributed by atoms with Crippen LogP contribution in [0, 0.1) is 0 Å². The number of alkyl carbamates (subject to hydrolysis) is 1. The molecule has 0 aliphatic rings. The fraction of sp³-hybridized carbons (Fsp3) is 0.250. The Labute approximate surface area is 167 Å². The first-order valence-electron chi connectivity index (χ1n) is 8.36. The van der Waals surface area contributed by atoms with Gasteiger partial charge in [-0.05, 0) is 41.5 Å². The average Bonchev–Trinajstić information content (AvgIpc) is 2.72. The standard InChI is InChI=1S/C20H20ClNO6/c1-26-19(24)16-9-13(12-23)8-15(10-16)18(14-4-3-5-17(21)11-14)28-7-6-22-20(25)27-2/h3-5,8-12,18H,6-7H2,1-2H3,(H,22,25). The van der Waals surface area contributed by atoms with Gasteiger partial charge in [-0.15, -0.1) is 0 Å². The molecule has 7 nitrogen and oxygen atoms in total. The Balaban J connectivity index is 2.36. The van der Waals surface area contributed by atoms with Crippen LogP contribution in [0.4, 0.5) is 4.79 Å². The van der Waals surface area contributed by atoms with Crippen molar-refractivity contribution in [3.8, 4) is 0 Å². The van der Waals surface area contributed by atoms with Crippen LogP contribution in [0.1, 0.15) is 37.9 Å². The number of hydrogen-bond donors (Lipinski definition) is 1. The van der Waals surface area contributed by atoms with Crippen LogP contribution >= 0.6 is 11.6 Å². The van der Waals surface area contributed by atoms with Gasteiger partial charge in [0.1, 0.15) is 12.4 Å². The number of methoxy groups -OCH3 is 2. The van der Waals surface area contributed by atoms with E-state index in [2.05, 4.69) is 10.1 Å². The van der Waals surface area contributed by atoms with Gasteiger partial charge in [-0.3, -0.25) is 4.79 Å². The van der Waals surface area contributed by atoms with Crippen molar-refractivity contribution in [1.29, 1.82) is 0 Å². The van der Waals surface area contributed by atoms with Gasteiger partial charge in [0.25, 0.3) is 0 Å². The predicted octanol–water partition coefficient (Wildman–Crippen LogP) is 3.40. The molecule has 1 amide bonds. The number of carbonyl (C=O) groups is 3. The summed E-state index contributed by atoms with van der Waals surface area (Å²) in [6, 6.07) is 11.7. The number of hydrogen-bond acceptors (Lipinski definition) is 6. The lowest BCUT2D eigenvalue weighted by Crippen LogP contribution is -2.27. The second-order valence-corrected chi connectivity index (χ2v) is 6.16. The number of ether oxygens (including phenoxy) is 3. The molecule has 0 saturated heterocycles. The number of amides is 1. The van der Waals surface area contributed by atoms with Gasteiger partial charge in [0.05, 0.1) is 26.4 Å². The van der Waals surface area contributed by atoms with Crippen LogP contribution in [0.15, 0.2) is 42.5 Å². The van der Waals surface area contributed by atoms with Crippen LogP contribution in [0.2, 0.25) is 5.02 Å². The molecule has 148 valence electrons. The number of halogens is 1. The molecule has 0 aliphatic carbocycles. The summed E-state index contributed by atoms with van der Waals surface area (Å²) < 4.78 is 15.2. The van der Waals surface area contributed by atoms with Crippen molar-refractivity contribution < 1.29 is 28.6 Å². The van der Waals surface area contributed by atoms with Crippen LogP contribution in [0.25, 0.3) is 0 Å². The normalized spacial score (nSPS) is 11.4. The van der Waals surface area contributed by atoms with Crippen molar-refractivity contribution in [1.82, 2.24) is 5.32 Å². The zero-order chi connectivity index (χ0) is 20.5. The summed E-state index contributed by atoms with van der Waals surface area (Å²) in [5.74, 6) is -0.567. The van der Waals surface area contributed by atoms with E-state index in [1.165, 1.54) is 20.3 Å². The summed E-state index contributed by atoms with van der Waals surface area (Å²) in [4.78, 5) is 34.5. The van der Waals surface area contributed by atoms with E-state index in [9.17, 15) is 14.4 Å². The number of aldehydes is 1. The van der Waals surface area contributed by atoms with Crippen molar-refractivity contribution in [2.45, 2.75) is 6.10 Å². The maximum Gasteiger partial charge on any atom is 0.406 e. The predicted molar refractivity (Wildman–Crippen MR) is 103 cm³/mol. The van der Waals surface area contributed by atoms with Gasteiger partial charge in [0.2, 0.25) is 0 Å². The van der Waals surface area contributed by atoms with E-state index in [4.69, 9.17) is 21.1 Å². The molecule has 2 aromatic carbocycles. The number of benzene rings is 2. The highest BCUT2D eigenvalue weighted by molar-refractivity contribution is 6.30. The highest BCUT2D eigenvalue weighted by atomic mass is 35.5. The first kappa shape index (κ1) is 21.4. The molecule has 28 heavy (non-hydrogen) atoms. The lowest BCUT2D eigenvalue weighted by Gasteiger charge is -2.20. The fourth-order valence-electron chi connectivity index (χ4n) is 2.59. The molecule has 1 atom stereocenters. The maximum absolute atomic E-state index is 12.0. The minimum atomic E-state index is -0.624. The molecule has 0 bridgehead atoms. The van der Waals surface area contributed by atoms with Gasteiger partial charge >= 0.3 is 12.1 Å². The van der Waals surface area contributed by atoms with Crippen molar-refractivity contribution in [3.63, 3.8) is 0 Å². The number of rotatable bonds is 8. The average molecular weight is 406 g/mol. The van der Waals surface area contributed by atoms with Crippen molar-refractivity contribution in [2.75, 3.05) is 27.4 Å². The molecule has 0 aromatic heterocycles. The van der Waals surface area contributed by atoms with E-state index in [1.54, 1.807) is 30.3 Å². The summed E-state index contributed by atoms with van der Waals surface area (Å²) in [7, 11) is 2.53. The monoisotopic (exact) mass is 405 g/mol. The number of carbonyl (C=O) groups excluding carboxylic acids is 3. The van der Waals surface area contributed by atoms with Gasteiger partial charge in [-0.1, -0.05) is 23.7 Å². The van der Waals surface area contributed by atoms with Gasteiger partial charge in [0, 0.05) is 17.1 Å². The first-order valence-corrected chi connectivity index (χ1v) is 8.73. The Hall–Kier alpha value is -2.90. The van der Waals surface area contributed by atoms with Crippen LogP contribution in [0.3, 0.4) is 0 Å². The first-order chi connectivity index (χ1) is 13.5. The van der Waals surface area contributed by atoms with Crippen molar-refractivity contribution >= 4 is 29.9 Å². The smallest absolute Gasteiger partial charge is 0.406 e. The fourth-order valence-corrected chi connectivity index (χ4v) is 2.79. The second kappa shape index (κ2) is 10.4. The van der Waals surface area contributed by atoms with E-state index in [-0.39, 0.29) is 18.7 Å². The van der Waals surface area contributed by atoms with Gasteiger partial charge in [-0.25, -0.2) is 9.59 Å². The Kier molecular flexibility index (Phi) is 7.98. The van der Waals surface area contributed by atoms with E-state index in [0.717, 1.165) is 5.56 Å². The Bertz CT molecular complexity index is 854. The van der Waals surface area contributed by atoms with Crippen LogP contribution in [-0.4, -0.2) is 45.7 Å². The lowest BCUT2D eigenvalue weighted by atomic mass is 9.97. The molecule has 2 aromatic rings. The molecule has 8 heteroatoms. The zero-order valence-electron chi connectivity index (χ0n) is 15.4.